The molecular formula is C17H34O2. The van der Waals surface area contributed by atoms with Gasteiger partial charge in [0.2, 0.25) is 0 Å². The minimum absolute atomic E-state index is 0.357. The topological polar surface area (TPSA) is 18.5 Å². The minimum Gasteiger partial charge on any atom is -0.236 e. The fraction of sp³-hybridized carbons (Fsp3) is 1.00. The molecule has 0 aromatic heterocycles. The Kier molecular flexibility index (Phi) is 9.54. The van der Waals surface area contributed by atoms with Crippen LogP contribution in [0.25, 0.3) is 0 Å². The molecule has 19 heavy (non-hydrogen) atoms. The van der Waals surface area contributed by atoms with Gasteiger partial charge in [0.15, 0.2) is 0 Å². The number of unbranched alkanes of at least 4 members (excludes halogenated alkanes) is 7. The van der Waals surface area contributed by atoms with Crippen LogP contribution in [0.1, 0.15) is 85.0 Å². The fourth-order valence-electron chi connectivity index (χ4n) is 2.73. The van der Waals surface area contributed by atoms with Gasteiger partial charge in [0.05, 0.1) is 12.7 Å². The van der Waals surface area contributed by atoms with Crippen LogP contribution in [0, 0.1) is 11.8 Å². The van der Waals surface area contributed by atoms with Crippen molar-refractivity contribution in [1.82, 2.24) is 0 Å². The van der Waals surface area contributed by atoms with Crippen LogP contribution < -0.4 is 0 Å². The van der Waals surface area contributed by atoms with Gasteiger partial charge in [-0.05, 0) is 12.3 Å². The molecule has 0 saturated carbocycles. The molecule has 2 unspecified atom stereocenters. The van der Waals surface area contributed by atoms with Crippen LogP contribution in [0.4, 0.5) is 0 Å². The van der Waals surface area contributed by atoms with E-state index in [1.807, 2.05) is 0 Å². The lowest BCUT2D eigenvalue weighted by atomic mass is 9.99. The molecule has 114 valence electrons. The number of hydrogen-bond donors (Lipinski definition) is 0. The van der Waals surface area contributed by atoms with Gasteiger partial charge in [-0.3, -0.25) is 0 Å². The van der Waals surface area contributed by atoms with E-state index >= 15 is 0 Å². The summed E-state index contributed by atoms with van der Waals surface area (Å²) >= 11 is 0. The van der Waals surface area contributed by atoms with E-state index in [1.54, 1.807) is 0 Å². The van der Waals surface area contributed by atoms with Crippen LogP contribution in [0.5, 0.6) is 0 Å². The summed E-state index contributed by atoms with van der Waals surface area (Å²) in [7, 11) is 0. The smallest absolute Gasteiger partial charge is 0.0978 e. The highest BCUT2D eigenvalue weighted by molar-refractivity contribution is 4.67. The van der Waals surface area contributed by atoms with Crippen LogP contribution in [-0.2, 0) is 9.78 Å². The maximum absolute atomic E-state index is 5.26. The van der Waals surface area contributed by atoms with Crippen molar-refractivity contribution in [3.05, 3.63) is 0 Å². The van der Waals surface area contributed by atoms with Crippen molar-refractivity contribution in [2.45, 2.75) is 91.1 Å². The minimum atomic E-state index is 0.357. The van der Waals surface area contributed by atoms with Crippen molar-refractivity contribution in [3.63, 3.8) is 0 Å². The average molecular weight is 270 g/mol. The zero-order chi connectivity index (χ0) is 13.9. The normalized spacial score (nSPS) is 23.4. The van der Waals surface area contributed by atoms with Gasteiger partial charge in [-0.1, -0.05) is 78.6 Å². The van der Waals surface area contributed by atoms with E-state index in [9.17, 15) is 0 Å². The Morgan fingerprint density at radius 3 is 2.00 bits per heavy atom. The summed E-state index contributed by atoms with van der Waals surface area (Å²) in [4.78, 5) is 10.3. The zero-order valence-corrected chi connectivity index (χ0v) is 13.3. The second kappa shape index (κ2) is 10.7. The first-order valence-corrected chi connectivity index (χ1v) is 8.48. The molecule has 2 nitrogen and oxygen atoms in total. The van der Waals surface area contributed by atoms with Gasteiger partial charge in [-0.25, -0.2) is 9.78 Å². The Morgan fingerprint density at radius 2 is 1.47 bits per heavy atom. The van der Waals surface area contributed by atoms with E-state index in [4.69, 9.17) is 9.78 Å². The van der Waals surface area contributed by atoms with Crippen LogP contribution >= 0.6 is 0 Å². The molecule has 2 heteroatoms. The van der Waals surface area contributed by atoms with Crippen LogP contribution in [0.2, 0.25) is 0 Å². The number of hydrogen-bond acceptors (Lipinski definition) is 2. The second-order valence-electron chi connectivity index (χ2n) is 6.70. The largest absolute Gasteiger partial charge is 0.236 e. The molecule has 1 rings (SSSR count). The Hall–Kier alpha value is -0.0800. The first-order valence-electron chi connectivity index (χ1n) is 8.48. The Balaban J connectivity index is 1.76. The van der Waals surface area contributed by atoms with Gasteiger partial charge in [0.25, 0.3) is 0 Å². The monoisotopic (exact) mass is 270 g/mol. The fourth-order valence-corrected chi connectivity index (χ4v) is 2.73. The van der Waals surface area contributed by atoms with Gasteiger partial charge >= 0.3 is 0 Å². The van der Waals surface area contributed by atoms with Gasteiger partial charge < -0.3 is 0 Å². The van der Waals surface area contributed by atoms with Crippen molar-refractivity contribution in [2.24, 2.45) is 11.8 Å². The lowest BCUT2D eigenvalue weighted by molar-refractivity contribution is -0.275. The van der Waals surface area contributed by atoms with Crippen molar-refractivity contribution < 1.29 is 9.78 Å². The van der Waals surface area contributed by atoms with Gasteiger partial charge in [0.1, 0.15) is 0 Å². The van der Waals surface area contributed by atoms with Crippen molar-refractivity contribution in [1.29, 1.82) is 0 Å². The standard InChI is InChI=1S/C17H34O2/c1-15(2)12-10-8-6-4-5-7-9-11-13-17-16(3)14-18-19-17/h15-17H,4-14H2,1-3H3. The van der Waals surface area contributed by atoms with Gasteiger partial charge in [-0.2, -0.15) is 0 Å². The molecule has 0 radical (unpaired) electrons. The number of rotatable bonds is 11. The van der Waals surface area contributed by atoms with Crippen molar-refractivity contribution >= 4 is 0 Å². The maximum atomic E-state index is 5.26. The maximum Gasteiger partial charge on any atom is 0.0978 e. The Bertz CT molecular complexity index is 203. The average Bonchev–Trinajstić information content (AvgIpc) is 2.77. The molecule has 0 bridgehead atoms. The van der Waals surface area contributed by atoms with E-state index in [-0.39, 0.29) is 0 Å². The van der Waals surface area contributed by atoms with Crippen molar-refractivity contribution in [3.8, 4) is 0 Å². The summed E-state index contributed by atoms with van der Waals surface area (Å²) in [6, 6.07) is 0. The summed E-state index contributed by atoms with van der Waals surface area (Å²) in [6.45, 7) is 7.63. The molecule has 0 aromatic carbocycles. The third kappa shape index (κ3) is 8.65. The highest BCUT2D eigenvalue weighted by Crippen LogP contribution is 2.22. The molecule has 1 saturated heterocycles. The highest BCUT2D eigenvalue weighted by atomic mass is 17.2. The van der Waals surface area contributed by atoms with Gasteiger partial charge in [-0.15, -0.1) is 0 Å². The molecule has 0 aromatic rings. The SMILES string of the molecule is CC(C)CCCCCCCCCCC1OOCC1C. The quantitative estimate of drug-likeness (QED) is 0.364. The summed E-state index contributed by atoms with van der Waals surface area (Å²) in [5, 5.41) is 0. The predicted molar refractivity (Wildman–Crippen MR) is 81.0 cm³/mol. The second-order valence-corrected chi connectivity index (χ2v) is 6.70. The molecule has 0 N–H and O–H groups in total. The highest BCUT2D eigenvalue weighted by Gasteiger charge is 2.25. The third-order valence-corrected chi connectivity index (χ3v) is 4.18. The third-order valence-electron chi connectivity index (χ3n) is 4.18. The van der Waals surface area contributed by atoms with E-state index in [2.05, 4.69) is 20.8 Å². The molecule has 0 aliphatic carbocycles. The summed E-state index contributed by atoms with van der Waals surface area (Å²) < 4.78 is 0. The Labute approximate surface area is 120 Å². The van der Waals surface area contributed by atoms with E-state index in [0.29, 0.717) is 12.0 Å². The lowest BCUT2D eigenvalue weighted by Gasteiger charge is -2.10. The van der Waals surface area contributed by atoms with Gasteiger partial charge in [0, 0.05) is 5.92 Å². The Morgan fingerprint density at radius 1 is 0.895 bits per heavy atom. The first-order chi connectivity index (χ1) is 9.20. The predicted octanol–water partition coefficient (Wildman–Crippen LogP) is 5.51. The van der Waals surface area contributed by atoms with Crippen LogP contribution in [0.3, 0.4) is 0 Å². The first kappa shape index (κ1) is 17.0. The molecular weight excluding hydrogens is 236 g/mol. The van der Waals surface area contributed by atoms with E-state index in [0.717, 1.165) is 12.5 Å². The molecule has 0 spiro atoms. The molecule has 1 aliphatic rings. The summed E-state index contributed by atoms with van der Waals surface area (Å²) in [5.74, 6) is 1.46. The van der Waals surface area contributed by atoms with Crippen LogP contribution in [-0.4, -0.2) is 12.7 Å². The zero-order valence-electron chi connectivity index (χ0n) is 13.3. The molecule has 1 aliphatic heterocycles. The molecule has 1 fully saturated rings. The molecule has 1 heterocycles. The van der Waals surface area contributed by atoms with E-state index in [1.165, 1.54) is 64.2 Å². The molecule has 0 amide bonds. The van der Waals surface area contributed by atoms with Crippen LogP contribution in [0.15, 0.2) is 0 Å². The molecule has 2 atom stereocenters. The van der Waals surface area contributed by atoms with E-state index < -0.39 is 0 Å². The lowest BCUT2D eigenvalue weighted by Crippen LogP contribution is -2.13. The summed E-state index contributed by atoms with van der Waals surface area (Å²) in [6.07, 6.45) is 14.1. The summed E-state index contributed by atoms with van der Waals surface area (Å²) in [5.41, 5.74) is 0. The van der Waals surface area contributed by atoms with Crippen molar-refractivity contribution in [2.75, 3.05) is 6.61 Å².